The largest absolute Gasteiger partial charge is 0.308 e. The minimum atomic E-state index is 0.471. The van der Waals surface area contributed by atoms with Crippen LogP contribution in [0.2, 0.25) is 0 Å². The van der Waals surface area contributed by atoms with Gasteiger partial charge in [0.05, 0.1) is 51.5 Å². The molecule has 320 valence electrons. The third-order valence-electron chi connectivity index (χ3n) is 14.0. The van der Waals surface area contributed by atoms with Gasteiger partial charge in [0.1, 0.15) is 0 Å². The number of hydrogen-bond acceptors (Lipinski definition) is 6. The second-order valence-electron chi connectivity index (χ2n) is 17.6. The van der Waals surface area contributed by atoms with Gasteiger partial charge >= 0.3 is 0 Å². The fourth-order valence-corrected chi connectivity index (χ4v) is 9.74. The van der Waals surface area contributed by atoms with Crippen molar-refractivity contribution in [2.24, 2.45) is 0 Å². The third-order valence-corrected chi connectivity index (χ3v) is 14.0. The summed E-state index contributed by atoms with van der Waals surface area (Å²) in [6.07, 6.45) is 0.797. The number of hydrogen-bond donors (Lipinski definition) is 0. The fourth-order valence-electron chi connectivity index (χ4n) is 9.74. The van der Waals surface area contributed by atoms with Crippen LogP contribution in [0.1, 0.15) is 61.2 Å². The number of nitriles is 1. The standard InChI is InChI=1S/C60H50N6/c1-35-37(3)41(7)56-48(39(35)5)31-49-40(6)36(2)38(4)42(8)57(49)66(56)58-50(55-33-54(46-25-17-11-18-26-46)62-59(65-55)47-27-19-12-20-28-47)29-43(34-61)30-51(58)60-63-52(44-21-13-9-14-22-44)32-53(64-60)45-23-15-10-16-24-45/h9-30,32-33H,31H2,1-8H3. The molecule has 0 bridgehead atoms. The second-order valence-corrected chi connectivity index (χ2v) is 17.6. The summed E-state index contributed by atoms with van der Waals surface area (Å²) >= 11 is 0. The minimum absolute atomic E-state index is 0.471. The monoisotopic (exact) mass is 854 g/mol. The summed E-state index contributed by atoms with van der Waals surface area (Å²) < 4.78 is 0. The van der Waals surface area contributed by atoms with Gasteiger partial charge in [0.2, 0.25) is 0 Å². The Morgan fingerprint density at radius 1 is 0.379 bits per heavy atom. The van der Waals surface area contributed by atoms with Crippen LogP contribution in [0.5, 0.6) is 0 Å². The van der Waals surface area contributed by atoms with Crippen LogP contribution in [-0.4, -0.2) is 19.9 Å². The van der Waals surface area contributed by atoms with Crippen molar-refractivity contribution in [3.05, 3.63) is 207 Å². The molecule has 0 N–H and O–H groups in total. The molecule has 1 aliphatic rings. The molecule has 6 heteroatoms. The Morgan fingerprint density at radius 2 is 0.742 bits per heavy atom. The van der Waals surface area contributed by atoms with Crippen LogP contribution in [0.3, 0.4) is 0 Å². The molecule has 0 aliphatic carbocycles. The molecule has 0 fully saturated rings. The molecular formula is C60H50N6. The van der Waals surface area contributed by atoms with Crippen molar-refractivity contribution in [1.29, 1.82) is 5.26 Å². The summed E-state index contributed by atoms with van der Waals surface area (Å²) in [5, 5.41) is 11.1. The molecule has 3 heterocycles. The molecule has 0 amide bonds. The summed E-state index contributed by atoms with van der Waals surface area (Å²) in [6.45, 7) is 18.1. The summed E-state index contributed by atoms with van der Waals surface area (Å²) in [6, 6.07) is 51.6. The predicted molar refractivity (Wildman–Crippen MR) is 270 cm³/mol. The molecule has 10 rings (SSSR count). The van der Waals surface area contributed by atoms with Crippen molar-refractivity contribution < 1.29 is 0 Å². The Balaban J connectivity index is 1.41. The Labute approximate surface area is 388 Å². The van der Waals surface area contributed by atoms with Crippen LogP contribution in [0.15, 0.2) is 146 Å². The molecule has 0 spiro atoms. The molecule has 0 atom stereocenters. The number of fused-ring (bicyclic) bond motifs is 2. The van der Waals surface area contributed by atoms with E-state index in [1.807, 2.05) is 97.1 Å². The zero-order chi connectivity index (χ0) is 45.8. The van der Waals surface area contributed by atoms with Gasteiger partial charge in [-0.1, -0.05) is 121 Å². The lowest BCUT2D eigenvalue weighted by atomic mass is 9.80. The van der Waals surface area contributed by atoms with Gasteiger partial charge < -0.3 is 4.90 Å². The second kappa shape index (κ2) is 16.8. The third kappa shape index (κ3) is 7.14. The number of benzene rings is 7. The normalized spacial score (nSPS) is 11.8. The molecule has 7 aromatic carbocycles. The van der Waals surface area contributed by atoms with Gasteiger partial charge in [0, 0.05) is 39.8 Å². The molecule has 0 saturated carbocycles. The maximum absolute atomic E-state index is 11.1. The van der Waals surface area contributed by atoms with E-state index < -0.39 is 0 Å². The highest BCUT2D eigenvalue weighted by atomic mass is 15.2. The first-order valence-corrected chi connectivity index (χ1v) is 22.6. The first-order valence-electron chi connectivity index (χ1n) is 22.6. The molecule has 1 aliphatic heterocycles. The Morgan fingerprint density at radius 3 is 1.18 bits per heavy atom. The zero-order valence-electron chi connectivity index (χ0n) is 38.7. The SMILES string of the molecule is Cc1c(C)c(C)c2c(c1C)Cc1c(C)c(C)c(C)c(C)c1N2c1c(-c2cc(-c3ccccc3)nc(-c3ccccc3)n2)cc(C#N)cc1-c1nc(-c2ccccc2)cc(-c2ccccc2)n1. The lowest BCUT2D eigenvalue weighted by Gasteiger charge is -2.41. The molecule has 0 radical (unpaired) electrons. The average molecular weight is 855 g/mol. The van der Waals surface area contributed by atoms with Crippen LogP contribution < -0.4 is 4.90 Å². The quantitative estimate of drug-likeness (QED) is 0.159. The highest BCUT2D eigenvalue weighted by Crippen LogP contribution is 2.56. The van der Waals surface area contributed by atoms with E-state index in [1.165, 1.54) is 55.6 Å². The molecule has 6 nitrogen and oxygen atoms in total. The predicted octanol–water partition coefficient (Wildman–Crippen LogP) is 15.0. The van der Waals surface area contributed by atoms with Crippen LogP contribution in [0.25, 0.3) is 67.8 Å². The van der Waals surface area contributed by atoms with E-state index in [1.54, 1.807) is 0 Å². The van der Waals surface area contributed by atoms with Crippen LogP contribution in [-0.2, 0) is 6.42 Å². The molecule has 9 aromatic rings. The van der Waals surface area contributed by atoms with E-state index in [2.05, 4.69) is 115 Å². The van der Waals surface area contributed by atoms with Crippen molar-refractivity contribution in [1.82, 2.24) is 19.9 Å². The minimum Gasteiger partial charge on any atom is -0.308 e. The highest BCUT2D eigenvalue weighted by molar-refractivity contribution is 6.01. The smallest absolute Gasteiger partial charge is 0.162 e. The molecular weight excluding hydrogens is 805 g/mol. The maximum Gasteiger partial charge on any atom is 0.162 e. The summed E-state index contributed by atoms with van der Waals surface area (Å²) in [5.41, 5.74) is 24.6. The van der Waals surface area contributed by atoms with Crippen molar-refractivity contribution >= 4 is 17.1 Å². The Bertz CT molecular complexity index is 3070. The van der Waals surface area contributed by atoms with Crippen LogP contribution in [0, 0.1) is 66.7 Å². The lowest BCUT2D eigenvalue weighted by Crippen LogP contribution is -2.25. The van der Waals surface area contributed by atoms with E-state index >= 15 is 0 Å². The fraction of sp³-hybridized carbons (Fsp3) is 0.150. The van der Waals surface area contributed by atoms with E-state index in [4.69, 9.17) is 19.9 Å². The van der Waals surface area contributed by atoms with Crippen molar-refractivity contribution in [2.45, 2.75) is 61.8 Å². The molecule has 0 unspecified atom stereocenters. The Kier molecular flexibility index (Phi) is 10.7. The average Bonchev–Trinajstić information content (AvgIpc) is 3.38. The number of anilines is 3. The Hall–Kier alpha value is -8.01. The molecule has 2 aromatic heterocycles. The maximum atomic E-state index is 11.1. The zero-order valence-corrected chi connectivity index (χ0v) is 38.7. The van der Waals surface area contributed by atoms with Crippen molar-refractivity contribution in [2.75, 3.05) is 4.90 Å². The van der Waals surface area contributed by atoms with E-state index in [0.717, 1.165) is 73.9 Å². The van der Waals surface area contributed by atoms with Crippen LogP contribution >= 0.6 is 0 Å². The summed E-state index contributed by atoms with van der Waals surface area (Å²) in [4.78, 5) is 24.1. The highest BCUT2D eigenvalue weighted by Gasteiger charge is 2.36. The van der Waals surface area contributed by atoms with Gasteiger partial charge in [-0.2, -0.15) is 5.26 Å². The summed E-state index contributed by atoms with van der Waals surface area (Å²) in [7, 11) is 0. The molecule has 66 heavy (non-hydrogen) atoms. The van der Waals surface area contributed by atoms with Crippen molar-refractivity contribution in [3.63, 3.8) is 0 Å². The first kappa shape index (κ1) is 42.0. The summed E-state index contributed by atoms with van der Waals surface area (Å²) in [5.74, 6) is 1.10. The van der Waals surface area contributed by atoms with Crippen LogP contribution in [0.4, 0.5) is 17.1 Å². The van der Waals surface area contributed by atoms with E-state index in [9.17, 15) is 5.26 Å². The van der Waals surface area contributed by atoms with Crippen molar-refractivity contribution in [3.8, 4) is 73.9 Å². The topological polar surface area (TPSA) is 78.6 Å². The van der Waals surface area contributed by atoms with Gasteiger partial charge in [-0.3, -0.25) is 0 Å². The number of nitrogens with zero attached hydrogens (tertiary/aromatic N) is 6. The first-order chi connectivity index (χ1) is 32.0. The van der Waals surface area contributed by atoms with Gasteiger partial charge in [-0.25, -0.2) is 19.9 Å². The number of aromatic nitrogens is 4. The van der Waals surface area contributed by atoms with Gasteiger partial charge in [0.25, 0.3) is 0 Å². The van der Waals surface area contributed by atoms with Gasteiger partial charge in [-0.05, 0) is 135 Å². The van der Waals surface area contributed by atoms with Gasteiger partial charge in [-0.15, -0.1) is 0 Å². The lowest BCUT2D eigenvalue weighted by molar-refractivity contribution is 0.995. The number of rotatable bonds is 7. The van der Waals surface area contributed by atoms with E-state index in [-0.39, 0.29) is 0 Å². The van der Waals surface area contributed by atoms with E-state index in [0.29, 0.717) is 22.9 Å². The molecule has 0 saturated heterocycles. The van der Waals surface area contributed by atoms with Gasteiger partial charge in [0.15, 0.2) is 11.6 Å².